The third-order valence-corrected chi connectivity index (χ3v) is 4.83. The molecular formula is C16H26N2O4S. The predicted octanol–water partition coefficient (Wildman–Crippen LogP) is 1.29. The summed E-state index contributed by atoms with van der Waals surface area (Å²) in [7, 11) is 1.61. The Morgan fingerprint density at radius 3 is 2.87 bits per heavy atom. The van der Waals surface area contributed by atoms with E-state index in [0.29, 0.717) is 19.8 Å². The van der Waals surface area contributed by atoms with Crippen molar-refractivity contribution in [2.75, 3.05) is 53.2 Å². The van der Waals surface area contributed by atoms with Crippen molar-refractivity contribution >= 4 is 17.2 Å². The Kier molecular flexibility index (Phi) is 7.98. The molecule has 1 aromatic heterocycles. The van der Waals surface area contributed by atoms with Crippen molar-refractivity contribution < 1.29 is 19.0 Å². The molecule has 0 aliphatic carbocycles. The van der Waals surface area contributed by atoms with Crippen molar-refractivity contribution in [1.29, 1.82) is 0 Å². The molecule has 2 unspecified atom stereocenters. The van der Waals surface area contributed by atoms with Crippen LogP contribution in [-0.4, -0.2) is 70.1 Å². The number of methoxy groups -OCH3 is 1. The number of nitrogens with one attached hydrogen (secondary N) is 1. The lowest BCUT2D eigenvalue weighted by molar-refractivity contribution is -0.132. The Bertz CT molecular complexity index is 449. The molecule has 7 heteroatoms. The second-order valence-corrected chi connectivity index (χ2v) is 6.41. The number of carbonyl (C=O) groups excluding carboxylic acids is 1. The predicted molar refractivity (Wildman–Crippen MR) is 89.8 cm³/mol. The molecule has 1 amide bonds. The maximum Gasteiger partial charge on any atom is 0.248 e. The van der Waals surface area contributed by atoms with Crippen molar-refractivity contribution in [3.05, 3.63) is 22.4 Å². The van der Waals surface area contributed by atoms with E-state index < -0.39 is 6.10 Å². The summed E-state index contributed by atoms with van der Waals surface area (Å²) in [5, 5.41) is 5.08. The number of morpholine rings is 1. The van der Waals surface area contributed by atoms with E-state index in [1.165, 1.54) is 4.88 Å². The average molecular weight is 342 g/mol. The van der Waals surface area contributed by atoms with Crippen molar-refractivity contribution in [3.8, 4) is 0 Å². The van der Waals surface area contributed by atoms with Crippen LogP contribution in [0.1, 0.15) is 17.8 Å². The average Bonchev–Trinajstić information content (AvgIpc) is 3.10. The Morgan fingerprint density at radius 2 is 2.22 bits per heavy atom. The highest BCUT2D eigenvalue weighted by Crippen LogP contribution is 2.25. The summed E-state index contributed by atoms with van der Waals surface area (Å²) in [6.07, 6.45) is -0.473. The Labute approximate surface area is 141 Å². The Hall–Kier alpha value is -0.990. The highest BCUT2D eigenvalue weighted by Gasteiger charge is 2.24. The summed E-state index contributed by atoms with van der Waals surface area (Å²) in [4.78, 5) is 15.8. The van der Waals surface area contributed by atoms with Crippen LogP contribution in [-0.2, 0) is 19.0 Å². The zero-order chi connectivity index (χ0) is 16.5. The lowest BCUT2D eigenvalue weighted by Gasteiger charge is -2.34. The molecule has 0 spiro atoms. The fraction of sp³-hybridized carbons (Fsp3) is 0.688. The van der Waals surface area contributed by atoms with Gasteiger partial charge in [0.1, 0.15) is 6.10 Å². The number of rotatable bonds is 9. The number of thiophene rings is 1. The van der Waals surface area contributed by atoms with Crippen molar-refractivity contribution in [3.63, 3.8) is 0 Å². The zero-order valence-electron chi connectivity index (χ0n) is 13.8. The van der Waals surface area contributed by atoms with Gasteiger partial charge in [0.15, 0.2) is 0 Å². The second kappa shape index (κ2) is 10.00. The van der Waals surface area contributed by atoms with Gasteiger partial charge in [-0.2, -0.15) is 0 Å². The summed E-state index contributed by atoms with van der Waals surface area (Å²) in [5.41, 5.74) is 0. The molecule has 0 radical (unpaired) electrons. The lowest BCUT2D eigenvalue weighted by Crippen LogP contribution is -2.45. The summed E-state index contributed by atoms with van der Waals surface area (Å²) in [6.45, 7) is 6.51. The zero-order valence-corrected chi connectivity index (χ0v) is 14.6. The van der Waals surface area contributed by atoms with Crippen molar-refractivity contribution in [2.24, 2.45) is 0 Å². The van der Waals surface area contributed by atoms with Gasteiger partial charge in [0.05, 0.1) is 32.5 Å². The quantitative estimate of drug-likeness (QED) is 0.685. The largest absolute Gasteiger partial charge is 0.382 e. The monoisotopic (exact) mass is 342 g/mol. The number of nitrogens with zero attached hydrogens (tertiary/aromatic N) is 1. The molecule has 2 rings (SSSR count). The van der Waals surface area contributed by atoms with Crippen LogP contribution in [0.5, 0.6) is 0 Å². The van der Waals surface area contributed by atoms with Gasteiger partial charge in [0, 0.05) is 31.6 Å². The van der Waals surface area contributed by atoms with E-state index in [1.54, 1.807) is 25.4 Å². The van der Waals surface area contributed by atoms with E-state index >= 15 is 0 Å². The van der Waals surface area contributed by atoms with Gasteiger partial charge in [-0.1, -0.05) is 6.07 Å². The number of hydrogen-bond acceptors (Lipinski definition) is 6. The topological polar surface area (TPSA) is 60.0 Å². The van der Waals surface area contributed by atoms with E-state index in [2.05, 4.69) is 21.7 Å². The minimum Gasteiger partial charge on any atom is -0.382 e. The molecule has 1 aliphatic rings. The minimum atomic E-state index is -0.473. The molecule has 2 heterocycles. The number of carbonyl (C=O) groups is 1. The Balaban J connectivity index is 1.86. The molecule has 1 saturated heterocycles. The second-order valence-electron chi connectivity index (χ2n) is 5.43. The first-order valence-corrected chi connectivity index (χ1v) is 8.83. The lowest BCUT2D eigenvalue weighted by atomic mass is 10.2. The summed E-state index contributed by atoms with van der Waals surface area (Å²) < 4.78 is 15.8. The third-order valence-electron chi connectivity index (χ3n) is 3.85. The third kappa shape index (κ3) is 5.86. The van der Waals surface area contributed by atoms with Crippen LogP contribution in [0, 0.1) is 0 Å². The maximum absolute atomic E-state index is 12.2. The number of ether oxygens (including phenoxy) is 3. The van der Waals surface area contributed by atoms with E-state index in [0.717, 1.165) is 26.3 Å². The van der Waals surface area contributed by atoms with Gasteiger partial charge < -0.3 is 19.5 Å². The van der Waals surface area contributed by atoms with Gasteiger partial charge in [-0.3, -0.25) is 9.69 Å². The van der Waals surface area contributed by atoms with E-state index in [-0.39, 0.29) is 11.9 Å². The summed E-state index contributed by atoms with van der Waals surface area (Å²) in [6, 6.07) is 4.36. The van der Waals surface area contributed by atoms with Gasteiger partial charge in [-0.05, 0) is 18.4 Å². The van der Waals surface area contributed by atoms with Gasteiger partial charge in [-0.15, -0.1) is 11.3 Å². The maximum atomic E-state index is 12.2. The summed E-state index contributed by atoms with van der Waals surface area (Å²) in [5.74, 6) is -0.0871. The highest BCUT2D eigenvalue weighted by molar-refractivity contribution is 7.10. The van der Waals surface area contributed by atoms with Crippen LogP contribution < -0.4 is 5.32 Å². The Morgan fingerprint density at radius 1 is 1.43 bits per heavy atom. The first-order valence-electron chi connectivity index (χ1n) is 7.96. The molecule has 1 aromatic rings. The van der Waals surface area contributed by atoms with E-state index in [1.807, 2.05) is 6.07 Å². The molecule has 130 valence electrons. The summed E-state index contributed by atoms with van der Waals surface area (Å²) >= 11 is 1.72. The molecule has 0 aromatic carbocycles. The molecule has 1 N–H and O–H groups in total. The smallest absolute Gasteiger partial charge is 0.248 e. The van der Waals surface area contributed by atoms with Crippen LogP contribution in [0.4, 0.5) is 0 Å². The van der Waals surface area contributed by atoms with Crippen LogP contribution in [0.2, 0.25) is 0 Å². The van der Waals surface area contributed by atoms with Crippen LogP contribution in [0.25, 0.3) is 0 Å². The molecule has 1 aliphatic heterocycles. The minimum absolute atomic E-state index is 0.0871. The number of amides is 1. The van der Waals surface area contributed by atoms with E-state index in [4.69, 9.17) is 14.2 Å². The standard InChI is InChI=1S/C16H26N2O4S/c1-13(22-10-9-20-2)16(19)17-12-14(15-4-3-11-23-15)18-5-7-21-8-6-18/h3-4,11,13-14H,5-10,12H2,1-2H3,(H,17,19). The van der Waals surface area contributed by atoms with Gasteiger partial charge in [0.2, 0.25) is 5.91 Å². The van der Waals surface area contributed by atoms with Gasteiger partial charge in [0.25, 0.3) is 0 Å². The highest BCUT2D eigenvalue weighted by atomic mass is 32.1. The van der Waals surface area contributed by atoms with Crippen LogP contribution in [0.15, 0.2) is 17.5 Å². The fourth-order valence-electron chi connectivity index (χ4n) is 2.50. The molecule has 6 nitrogen and oxygen atoms in total. The van der Waals surface area contributed by atoms with Crippen molar-refractivity contribution in [2.45, 2.75) is 19.1 Å². The molecule has 0 bridgehead atoms. The van der Waals surface area contributed by atoms with Gasteiger partial charge in [-0.25, -0.2) is 0 Å². The molecule has 0 saturated carbocycles. The molecule has 1 fully saturated rings. The SMILES string of the molecule is COCCOC(C)C(=O)NCC(c1cccs1)N1CCOCC1. The van der Waals surface area contributed by atoms with Crippen molar-refractivity contribution in [1.82, 2.24) is 10.2 Å². The van der Waals surface area contributed by atoms with Crippen LogP contribution >= 0.6 is 11.3 Å². The first kappa shape index (κ1) is 18.4. The molecule has 2 atom stereocenters. The first-order chi connectivity index (χ1) is 11.2. The normalized spacial score (nSPS) is 18.5. The van der Waals surface area contributed by atoms with E-state index in [9.17, 15) is 4.79 Å². The van der Waals surface area contributed by atoms with Gasteiger partial charge >= 0.3 is 0 Å². The fourth-order valence-corrected chi connectivity index (χ4v) is 3.37. The van der Waals surface area contributed by atoms with Crippen LogP contribution in [0.3, 0.4) is 0 Å². The number of hydrogen-bond donors (Lipinski definition) is 1. The molecule has 23 heavy (non-hydrogen) atoms. The molecular weight excluding hydrogens is 316 g/mol.